The molecule has 0 spiro atoms. The first kappa shape index (κ1) is 21.7. The lowest BCUT2D eigenvalue weighted by atomic mass is 9.63. The van der Waals surface area contributed by atoms with Gasteiger partial charge in [-0.3, -0.25) is 9.59 Å². The molecule has 2 aliphatic rings. The number of alkyl halides is 3. The summed E-state index contributed by atoms with van der Waals surface area (Å²) < 4.78 is 38.1. The minimum absolute atomic E-state index is 0.0541. The second-order valence-electron chi connectivity index (χ2n) is 8.33. The first-order valence-corrected chi connectivity index (χ1v) is 10.6. The lowest BCUT2D eigenvalue weighted by Crippen LogP contribution is -2.49. The quantitative estimate of drug-likeness (QED) is 0.625. The van der Waals surface area contributed by atoms with E-state index in [0.717, 1.165) is 12.0 Å². The van der Waals surface area contributed by atoms with Gasteiger partial charge in [-0.1, -0.05) is 36.2 Å². The second kappa shape index (κ2) is 8.19. The number of nitrogens with one attached hydrogen (secondary N) is 2. The van der Waals surface area contributed by atoms with E-state index in [4.69, 9.17) is 11.6 Å². The summed E-state index contributed by atoms with van der Waals surface area (Å²) in [5.41, 5.74) is 1.11. The Labute approximate surface area is 183 Å². The van der Waals surface area contributed by atoms with Crippen molar-refractivity contribution in [3.05, 3.63) is 64.7 Å². The maximum atomic E-state index is 12.8. The summed E-state index contributed by atoms with van der Waals surface area (Å²) in [7, 11) is 0. The Hall–Kier alpha value is -2.54. The van der Waals surface area contributed by atoms with Crippen LogP contribution in [0.2, 0.25) is 5.02 Å². The number of anilines is 1. The molecule has 2 N–H and O–H groups in total. The average Bonchev–Trinajstić information content (AvgIpc) is 3.47. The maximum Gasteiger partial charge on any atom is 0.392 e. The van der Waals surface area contributed by atoms with Crippen LogP contribution >= 0.6 is 11.6 Å². The van der Waals surface area contributed by atoms with E-state index < -0.39 is 23.4 Å². The van der Waals surface area contributed by atoms with E-state index in [1.54, 1.807) is 48.5 Å². The highest BCUT2D eigenvalue weighted by Gasteiger charge is 2.56. The minimum Gasteiger partial charge on any atom is -0.355 e. The van der Waals surface area contributed by atoms with Crippen molar-refractivity contribution in [3.8, 4) is 0 Å². The largest absolute Gasteiger partial charge is 0.392 e. The van der Waals surface area contributed by atoms with Gasteiger partial charge in [-0.05, 0) is 61.1 Å². The van der Waals surface area contributed by atoms with Crippen LogP contribution < -0.4 is 10.6 Å². The Morgan fingerprint density at radius 2 is 1.81 bits per heavy atom. The van der Waals surface area contributed by atoms with Gasteiger partial charge in [0.05, 0.1) is 11.3 Å². The monoisotopic (exact) mass is 450 g/mol. The molecule has 0 aromatic heterocycles. The molecule has 2 atom stereocenters. The summed E-state index contributed by atoms with van der Waals surface area (Å²) in [4.78, 5) is 25.2. The van der Waals surface area contributed by atoms with Gasteiger partial charge in [0.1, 0.15) is 0 Å². The summed E-state index contributed by atoms with van der Waals surface area (Å²) in [6, 6.07) is 13.6. The molecule has 2 saturated carbocycles. The van der Waals surface area contributed by atoms with E-state index in [9.17, 15) is 22.8 Å². The Morgan fingerprint density at radius 3 is 2.35 bits per heavy atom. The van der Waals surface area contributed by atoms with Crippen LogP contribution in [0, 0.1) is 11.8 Å². The molecule has 2 aromatic carbocycles. The van der Waals surface area contributed by atoms with E-state index >= 15 is 0 Å². The van der Waals surface area contributed by atoms with Gasteiger partial charge in [0.15, 0.2) is 0 Å². The van der Waals surface area contributed by atoms with Gasteiger partial charge in [0.2, 0.25) is 5.91 Å². The van der Waals surface area contributed by atoms with E-state index in [1.807, 2.05) is 0 Å². The van der Waals surface area contributed by atoms with Gasteiger partial charge in [-0.2, -0.15) is 13.2 Å². The highest BCUT2D eigenvalue weighted by molar-refractivity contribution is 6.31. The van der Waals surface area contributed by atoms with Crippen molar-refractivity contribution in [1.29, 1.82) is 0 Å². The smallest absolute Gasteiger partial charge is 0.355 e. The fourth-order valence-corrected chi connectivity index (χ4v) is 4.34. The number of carbonyl (C=O) groups excluding carboxylic acids is 2. The zero-order valence-corrected chi connectivity index (χ0v) is 17.4. The Balaban J connectivity index is 1.38. The highest BCUT2D eigenvalue weighted by atomic mass is 35.5. The van der Waals surface area contributed by atoms with Gasteiger partial charge < -0.3 is 10.6 Å². The molecule has 0 aliphatic heterocycles. The molecule has 0 radical (unpaired) electrons. The second-order valence-corrected chi connectivity index (χ2v) is 8.77. The van der Waals surface area contributed by atoms with Crippen molar-refractivity contribution in [2.24, 2.45) is 11.8 Å². The van der Waals surface area contributed by atoms with Crippen LogP contribution in [0.5, 0.6) is 0 Å². The van der Waals surface area contributed by atoms with Crippen LogP contribution in [0.1, 0.15) is 41.6 Å². The minimum atomic E-state index is -4.19. The molecule has 0 bridgehead atoms. The van der Waals surface area contributed by atoms with Gasteiger partial charge >= 0.3 is 6.18 Å². The molecule has 2 amide bonds. The first-order valence-electron chi connectivity index (χ1n) is 10.2. The molecular formula is C23H22ClF3N2O2. The number of amides is 2. The third-order valence-electron chi connectivity index (χ3n) is 6.29. The standard InChI is InChI=1S/C23H22ClF3N2O2/c24-17-4-1-3-14(11-17)20(30)29-18-7-5-16(6-8-18)22(9-2-10-22)21(31)28-13-15-12-19(15)23(25,26)27/h1,3-8,11,15,19H,2,9-10,12-13H2,(H,28,31)(H,29,30)/t15-,19+/m0/s1. The number of hydrogen-bond acceptors (Lipinski definition) is 2. The lowest BCUT2D eigenvalue weighted by Gasteiger charge is -2.41. The van der Waals surface area contributed by atoms with Gasteiger partial charge in [-0.25, -0.2) is 0 Å². The van der Waals surface area contributed by atoms with Crippen LogP contribution in [0.25, 0.3) is 0 Å². The van der Waals surface area contributed by atoms with Crippen molar-refractivity contribution in [2.45, 2.75) is 37.3 Å². The Kier molecular flexibility index (Phi) is 5.73. The Morgan fingerprint density at radius 1 is 1.10 bits per heavy atom. The number of halogens is 4. The third kappa shape index (κ3) is 4.56. The molecule has 4 nitrogen and oxygen atoms in total. The van der Waals surface area contributed by atoms with Crippen LogP contribution in [0.4, 0.5) is 18.9 Å². The van der Waals surface area contributed by atoms with Crippen LogP contribution in [-0.2, 0) is 10.2 Å². The summed E-state index contributed by atoms with van der Waals surface area (Å²) in [5.74, 6) is -2.34. The summed E-state index contributed by atoms with van der Waals surface area (Å²) >= 11 is 5.92. The lowest BCUT2D eigenvalue weighted by molar-refractivity contribution is -0.151. The zero-order chi connectivity index (χ0) is 22.2. The molecule has 0 saturated heterocycles. The van der Waals surface area contributed by atoms with E-state index in [2.05, 4.69) is 10.6 Å². The number of benzene rings is 2. The molecule has 0 heterocycles. The molecule has 2 fully saturated rings. The van der Waals surface area contributed by atoms with Crippen molar-refractivity contribution in [2.75, 3.05) is 11.9 Å². The predicted molar refractivity (Wildman–Crippen MR) is 112 cm³/mol. The number of rotatable bonds is 6. The molecule has 31 heavy (non-hydrogen) atoms. The third-order valence-corrected chi connectivity index (χ3v) is 6.53. The van der Waals surface area contributed by atoms with E-state index in [0.29, 0.717) is 29.1 Å². The predicted octanol–water partition coefficient (Wildman–Crippen LogP) is 5.33. The Bertz CT molecular complexity index is 987. The van der Waals surface area contributed by atoms with Crippen LogP contribution in [0.15, 0.2) is 48.5 Å². The maximum absolute atomic E-state index is 12.8. The van der Waals surface area contributed by atoms with Gasteiger partial charge in [0, 0.05) is 22.8 Å². The number of carbonyl (C=O) groups is 2. The highest BCUT2D eigenvalue weighted by Crippen LogP contribution is 2.50. The SMILES string of the molecule is O=C(Nc1ccc(C2(C(=O)NC[C@@H]3C[C@H]3C(F)(F)F)CCC2)cc1)c1cccc(Cl)c1. The fraction of sp³-hybridized carbons (Fsp3) is 0.391. The molecule has 0 unspecified atom stereocenters. The van der Waals surface area contributed by atoms with Crippen molar-refractivity contribution in [1.82, 2.24) is 5.32 Å². The number of hydrogen-bond donors (Lipinski definition) is 2. The summed E-state index contributed by atoms with van der Waals surface area (Å²) in [5, 5.41) is 6.00. The normalized spacial score (nSPS) is 21.7. The topological polar surface area (TPSA) is 58.2 Å². The first-order chi connectivity index (χ1) is 14.7. The van der Waals surface area contributed by atoms with Crippen molar-refractivity contribution < 1.29 is 22.8 Å². The molecule has 8 heteroatoms. The average molecular weight is 451 g/mol. The van der Waals surface area contributed by atoms with Crippen molar-refractivity contribution >= 4 is 29.1 Å². The van der Waals surface area contributed by atoms with Crippen LogP contribution in [-0.4, -0.2) is 24.5 Å². The molecular weight excluding hydrogens is 429 g/mol. The molecule has 2 aromatic rings. The zero-order valence-electron chi connectivity index (χ0n) is 16.6. The summed E-state index contributed by atoms with van der Waals surface area (Å²) in [6.45, 7) is 0.0541. The molecule has 164 valence electrons. The summed E-state index contributed by atoms with van der Waals surface area (Å²) in [6.07, 6.45) is -1.91. The van der Waals surface area contributed by atoms with Crippen molar-refractivity contribution in [3.63, 3.8) is 0 Å². The fourth-order valence-electron chi connectivity index (χ4n) is 4.15. The molecule has 4 rings (SSSR count). The van der Waals surface area contributed by atoms with E-state index in [-0.39, 0.29) is 24.8 Å². The van der Waals surface area contributed by atoms with Gasteiger partial charge in [0.25, 0.3) is 5.91 Å². The van der Waals surface area contributed by atoms with Crippen LogP contribution in [0.3, 0.4) is 0 Å². The van der Waals surface area contributed by atoms with Gasteiger partial charge in [-0.15, -0.1) is 0 Å². The van der Waals surface area contributed by atoms with E-state index in [1.165, 1.54) is 0 Å². The molecule has 2 aliphatic carbocycles.